The molecule has 2 unspecified atom stereocenters. The van der Waals surface area contributed by atoms with E-state index in [0.29, 0.717) is 19.4 Å². The number of alkyl halides is 4. The first-order chi connectivity index (χ1) is 6.49. The number of nitrogens with one attached hydrogen (secondary N) is 2. The molecule has 0 amide bonds. The Kier molecular flexibility index (Phi) is 4.12. The largest absolute Gasteiger partial charge is 0.401 e. The summed E-state index contributed by atoms with van der Waals surface area (Å²) in [7, 11) is 0. The van der Waals surface area contributed by atoms with Crippen LogP contribution < -0.4 is 10.6 Å². The molecule has 14 heavy (non-hydrogen) atoms. The van der Waals surface area contributed by atoms with Crippen molar-refractivity contribution in [3.8, 4) is 0 Å². The molecular weight excluding hydrogens is 200 g/mol. The Bertz CT molecular complexity index is 171. The molecule has 0 radical (unpaired) electrons. The van der Waals surface area contributed by atoms with Gasteiger partial charge in [-0.1, -0.05) is 0 Å². The molecule has 2 nitrogen and oxygen atoms in total. The predicted molar refractivity (Wildman–Crippen MR) is 44.8 cm³/mol. The maximum Gasteiger partial charge on any atom is 0.401 e. The second-order valence-electron chi connectivity index (χ2n) is 3.45. The molecule has 0 aromatic rings. The zero-order chi connectivity index (χ0) is 10.6. The van der Waals surface area contributed by atoms with Crippen LogP contribution in [0.5, 0.6) is 0 Å². The summed E-state index contributed by atoms with van der Waals surface area (Å²) in [5.74, 6) is 0. The fraction of sp³-hybridized carbons (Fsp3) is 1.00. The van der Waals surface area contributed by atoms with Gasteiger partial charge in [-0.25, -0.2) is 4.39 Å². The molecule has 0 aliphatic carbocycles. The van der Waals surface area contributed by atoms with E-state index in [1.807, 2.05) is 0 Å². The molecular formula is C8H14F4N2. The van der Waals surface area contributed by atoms with Crippen molar-refractivity contribution in [1.82, 2.24) is 10.6 Å². The molecule has 0 aromatic heterocycles. The molecule has 1 saturated heterocycles. The summed E-state index contributed by atoms with van der Waals surface area (Å²) in [6.45, 7) is -0.195. The smallest absolute Gasteiger partial charge is 0.311 e. The third-order valence-corrected chi connectivity index (χ3v) is 2.22. The highest BCUT2D eigenvalue weighted by Crippen LogP contribution is 2.14. The van der Waals surface area contributed by atoms with E-state index < -0.39 is 18.9 Å². The van der Waals surface area contributed by atoms with Crippen LogP contribution in [0.15, 0.2) is 0 Å². The second-order valence-corrected chi connectivity index (χ2v) is 3.45. The number of rotatable bonds is 4. The van der Waals surface area contributed by atoms with Crippen molar-refractivity contribution >= 4 is 0 Å². The van der Waals surface area contributed by atoms with Crippen LogP contribution >= 0.6 is 0 Å². The van der Waals surface area contributed by atoms with Crippen molar-refractivity contribution in [3.05, 3.63) is 0 Å². The van der Waals surface area contributed by atoms with E-state index in [0.717, 1.165) is 0 Å². The maximum atomic E-state index is 12.9. The van der Waals surface area contributed by atoms with Gasteiger partial charge in [0.15, 0.2) is 0 Å². The van der Waals surface area contributed by atoms with Gasteiger partial charge in [0.2, 0.25) is 0 Å². The molecule has 1 rings (SSSR count). The quantitative estimate of drug-likeness (QED) is 0.543. The molecule has 1 heterocycles. The lowest BCUT2D eigenvalue weighted by Crippen LogP contribution is -2.35. The molecule has 0 bridgehead atoms. The van der Waals surface area contributed by atoms with Crippen LogP contribution in [0.1, 0.15) is 12.8 Å². The monoisotopic (exact) mass is 214 g/mol. The van der Waals surface area contributed by atoms with Gasteiger partial charge in [-0.3, -0.25) is 0 Å². The maximum absolute atomic E-state index is 12.9. The Balaban J connectivity index is 2.04. The molecule has 84 valence electrons. The van der Waals surface area contributed by atoms with Crippen molar-refractivity contribution in [2.75, 3.05) is 19.6 Å². The molecule has 0 spiro atoms. The number of hydrogen-bond acceptors (Lipinski definition) is 2. The van der Waals surface area contributed by atoms with Gasteiger partial charge in [0.1, 0.15) is 6.17 Å². The normalized spacial score (nSPS) is 28.3. The summed E-state index contributed by atoms with van der Waals surface area (Å²) in [4.78, 5) is 0. The van der Waals surface area contributed by atoms with E-state index >= 15 is 0 Å². The highest BCUT2D eigenvalue weighted by Gasteiger charge is 2.28. The lowest BCUT2D eigenvalue weighted by molar-refractivity contribution is -0.124. The zero-order valence-corrected chi connectivity index (χ0v) is 7.70. The van der Waals surface area contributed by atoms with Crippen LogP contribution in [-0.4, -0.2) is 38.0 Å². The Morgan fingerprint density at radius 2 is 2.07 bits per heavy atom. The fourth-order valence-electron chi connectivity index (χ4n) is 1.51. The predicted octanol–water partition coefficient (Wildman–Crippen LogP) is 1.23. The third-order valence-electron chi connectivity index (χ3n) is 2.22. The topological polar surface area (TPSA) is 24.1 Å². The highest BCUT2D eigenvalue weighted by atomic mass is 19.4. The molecule has 2 N–H and O–H groups in total. The van der Waals surface area contributed by atoms with Gasteiger partial charge in [0, 0.05) is 6.04 Å². The van der Waals surface area contributed by atoms with Crippen molar-refractivity contribution in [2.24, 2.45) is 0 Å². The van der Waals surface area contributed by atoms with E-state index in [-0.39, 0.29) is 12.6 Å². The fourth-order valence-corrected chi connectivity index (χ4v) is 1.51. The summed E-state index contributed by atoms with van der Waals surface area (Å²) >= 11 is 0. The molecule has 1 aliphatic rings. The standard InChI is InChI=1S/C8H14F4N2/c9-6-1-4-14-7(6)2-3-13-5-8(10,11)12/h6-7,13-14H,1-5H2. The van der Waals surface area contributed by atoms with Gasteiger partial charge in [-0.15, -0.1) is 0 Å². The molecule has 2 atom stereocenters. The Morgan fingerprint density at radius 3 is 2.57 bits per heavy atom. The van der Waals surface area contributed by atoms with Crippen LogP contribution in [0.25, 0.3) is 0 Å². The summed E-state index contributed by atoms with van der Waals surface area (Å²) in [5.41, 5.74) is 0. The minimum absolute atomic E-state index is 0.192. The van der Waals surface area contributed by atoms with Crippen molar-refractivity contribution in [1.29, 1.82) is 0 Å². The first-order valence-electron chi connectivity index (χ1n) is 4.64. The Morgan fingerprint density at radius 1 is 1.36 bits per heavy atom. The van der Waals surface area contributed by atoms with Crippen molar-refractivity contribution < 1.29 is 17.6 Å². The summed E-state index contributed by atoms with van der Waals surface area (Å²) in [6.07, 6.45) is -4.23. The van der Waals surface area contributed by atoms with Crippen molar-refractivity contribution in [2.45, 2.75) is 31.2 Å². The van der Waals surface area contributed by atoms with Gasteiger partial charge in [-0.2, -0.15) is 13.2 Å². The summed E-state index contributed by atoms with van der Waals surface area (Å²) in [5, 5.41) is 5.15. The first-order valence-corrected chi connectivity index (χ1v) is 4.64. The molecule has 0 aromatic carbocycles. The Labute approximate surface area is 80.0 Å². The molecule has 6 heteroatoms. The van der Waals surface area contributed by atoms with Gasteiger partial charge in [0.05, 0.1) is 6.54 Å². The minimum atomic E-state index is -4.18. The van der Waals surface area contributed by atoms with Gasteiger partial charge in [-0.05, 0) is 25.9 Å². The van der Waals surface area contributed by atoms with Gasteiger partial charge < -0.3 is 10.6 Å². The minimum Gasteiger partial charge on any atom is -0.311 e. The highest BCUT2D eigenvalue weighted by molar-refractivity contribution is 4.83. The van der Waals surface area contributed by atoms with Crippen LogP contribution in [-0.2, 0) is 0 Å². The summed E-state index contributed by atoms with van der Waals surface area (Å²) in [6, 6.07) is -0.282. The molecule has 0 saturated carbocycles. The lowest BCUT2D eigenvalue weighted by atomic mass is 10.1. The SMILES string of the molecule is FC1CCNC1CCNCC(F)(F)F. The second kappa shape index (κ2) is 4.93. The van der Waals surface area contributed by atoms with Gasteiger partial charge >= 0.3 is 6.18 Å². The van der Waals surface area contributed by atoms with Crippen molar-refractivity contribution in [3.63, 3.8) is 0 Å². The molecule has 1 fully saturated rings. The van der Waals surface area contributed by atoms with Gasteiger partial charge in [0.25, 0.3) is 0 Å². The van der Waals surface area contributed by atoms with E-state index in [1.165, 1.54) is 0 Å². The average molecular weight is 214 g/mol. The average Bonchev–Trinajstić information content (AvgIpc) is 2.44. The number of hydrogen-bond donors (Lipinski definition) is 2. The van der Waals surface area contributed by atoms with Crippen LogP contribution in [0.2, 0.25) is 0 Å². The van der Waals surface area contributed by atoms with Crippen LogP contribution in [0, 0.1) is 0 Å². The van der Waals surface area contributed by atoms with E-state index in [4.69, 9.17) is 0 Å². The Hall–Kier alpha value is -0.360. The summed E-state index contributed by atoms with van der Waals surface area (Å²) < 4.78 is 48.0. The lowest BCUT2D eigenvalue weighted by Gasteiger charge is -2.14. The van der Waals surface area contributed by atoms with Crippen LogP contribution in [0.4, 0.5) is 17.6 Å². The van der Waals surface area contributed by atoms with E-state index in [2.05, 4.69) is 10.6 Å². The zero-order valence-electron chi connectivity index (χ0n) is 7.70. The van der Waals surface area contributed by atoms with E-state index in [9.17, 15) is 17.6 Å². The molecule has 1 aliphatic heterocycles. The first kappa shape index (κ1) is 11.7. The van der Waals surface area contributed by atoms with Crippen LogP contribution in [0.3, 0.4) is 0 Å². The third kappa shape index (κ3) is 4.23. The van der Waals surface area contributed by atoms with E-state index in [1.54, 1.807) is 0 Å². The number of halogens is 4.